The zero-order valence-corrected chi connectivity index (χ0v) is 10.6. The van der Waals surface area contributed by atoms with E-state index in [-0.39, 0.29) is 0 Å². The number of rotatable bonds is 1. The first-order valence-corrected chi connectivity index (χ1v) is 6.99. The second-order valence-electron chi connectivity index (χ2n) is 6.01. The fourth-order valence-corrected chi connectivity index (χ4v) is 3.64. The molecule has 1 N–H and O–H groups in total. The van der Waals surface area contributed by atoms with Crippen molar-refractivity contribution in [1.29, 1.82) is 0 Å². The molecule has 1 spiro atoms. The van der Waals surface area contributed by atoms with E-state index >= 15 is 0 Å². The number of aromatic nitrogens is 2. The van der Waals surface area contributed by atoms with Crippen LogP contribution in [0.3, 0.4) is 0 Å². The molecule has 0 bridgehead atoms. The summed E-state index contributed by atoms with van der Waals surface area (Å²) in [6.45, 7) is 2.49. The van der Waals surface area contributed by atoms with Gasteiger partial charge in [-0.2, -0.15) is 5.10 Å². The van der Waals surface area contributed by atoms with Gasteiger partial charge in [-0.25, -0.2) is 4.52 Å². The highest BCUT2D eigenvalue weighted by atomic mass is 15.2. The molecule has 94 valence electrons. The van der Waals surface area contributed by atoms with Gasteiger partial charge in [-0.15, -0.1) is 0 Å². The van der Waals surface area contributed by atoms with Gasteiger partial charge in [0.1, 0.15) is 0 Å². The van der Waals surface area contributed by atoms with Gasteiger partial charge in [0, 0.05) is 24.8 Å². The van der Waals surface area contributed by atoms with Gasteiger partial charge in [-0.1, -0.05) is 6.07 Å². The predicted octanol–water partition coefficient (Wildman–Crippen LogP) is 2.58. The molecule has 0 radical (unpaired) electrons. The maximum Gasteiger partial charge on any atom is 0.0696 e. The topological polar surface area (TPSA) is 29.3 Å². The largest absolute Gasteiger partial charge is 0.316 e. The molecule has 1 aliphatic heterocycles. The van der Waals surface area contributed by atoms with Crippen molar-refractivity contribution in [2.45, 2.75) is 31.6 Å². The highest BCUT2D eigenvalue weighted by molar-refractivity contribution is 5.55. The van der Waals surface area contributed by atoms with Gasteiger partial charge in [-0.3, -0.25) is 0 Å². The van der Waals surface area contributed by atoms with E-state index in [0.717, 1.165) is 5.92 Å². The molecule has 4 rings (SSSR count). The van der Waals surface area contributed by atoms with E-state index in [4.69, 9.17) is 0 Å². The highest BCUT2D eigenvalue weighted by Crippen LogP contribution is 2.45. The molecule has 1 saturated carbocycles. The van der Waals surface area contributed by atoms with Crippen LogP contribution in [-0.4, -0.2) is 22.7 Å². The van der Waals surface area contributed by atoms with Gasteiger partial charge in [0.05, 0.1) is 11.7 Å². The quantitative estimate of drug-likeness (QED) is 0.831. The number of nitrogens with one attached hydrogen (secondary N) is 1. The number of hydrogen-bond acceptors (Lipinski definition) is 2. The van der Waals surface area contributed by atoms with Crippen LogP contribution in [0.15, 0.2) is 30.6 Å². The first-order valence-electron chi connectivity index (χ1n) is 6.99. The maximum absolute atomic E-state index is 4.47. The van der Waals surface area contributed by atoms with E-state index in [9.17, 15) is 0 Å². The predicted molar refractivity (Wildman–Crippen MR) is 71.7 cm³/mol. The molecule has 3 heteroatoms. The van der Waals surface area contributed by atoms with Gasteiger partial charge in [-0.05, 0) is 49.1 Å². The fraction of sp³-hybridized carbons (Fsp3) is 0.533. The van der Waals surface area contributed by atoms with Crippen molar-refractivity contribution in [1.82, 2.24) is 14.9 Å². The van der Waals surface area contributed by atoms with Crippen LogP contribution in [0.5, 0.6) is 0 Å². The second kappa shape index (κ2) is 3.82. The van der Waals surface area contributed by atoms with Crippen LogP contribution in [0, 0.1) is 5.41 Å². The van der Waals surface area contributed by atoms with Crippen molar-refractivity contribution in [3.63, 3.8) is 0 Å². The minimum atomic E-state index is 0.652. The highest BCUT2D eigenvalue weighted by Gasteiger charge is 2.40. The van der Waals surface area contributed by atoms with Crippen LogP contribution >= 0.6 is 0 Å². The molecule has 2 fully saturated rings. The summed E-state index contributed by atoms with van der Waals surface area (Å²) in [6, 6.07) is 6.35. The van der Waals surface area contributed by atoms with Crippen LogP contribution in [0.25, 0.3) is 5.52 Å². The Morgan fingerprint density at radius 1 is 1.22 bits per heavy atom. The van der Waals surface area contributed by atoms with Crippen molar-refractivity contribution < 1.29 is 0 Å². The Balaban J connectivity index is 1.60. The third-order valence-electron chi connectivity index (χ3n) is 4.94. The molecule has 3 nitrogen and oxygen atoms in total. The van der Waals surface area contributed by atoms with Crippen LogP contribution in [0.4, 0.5) is 0 Å². The molecule has 18 heavy (non-hydrogen) atoms. The lowest BCUT2D eigenvalue weighted by atomic mass is 9.66. The molecule has 0 amide bonds. The minimum Gasteiger partial charge on any atom is -0.316 e. The molecular weight excluding hydrogens is 222 g/mol. The lowest BCUT2D eigenvalue weighted by Crippen LogP contribution is -2.54. The molecule has 0 aromatic carbocycles. The SMILES string of the molecule is c1ccn2ncc(C3CCC4(CC3)CNC4)c2c1. The van der Waals surface area contributed by atoms with Crippen LogP contribution in [0.1, 0.15) is 37.2 Å². The van der Waals surface area contributed by atoms with E-state index in [1.807, 2.05) is 16.8 Å². The molecule has 2 aromatic heterocycles. The van der Waals surface area contributed by atoms with Gasteiger partial charge < -0.3 is 5.32 Å². The summed E-state index contributed by atoms with van der Waals surface area (Å²) in [5.74, 6) is 0.719. The molecule has 3 heterocycles. The third kappa shape index (κ3) is 1.50. The number of pyridine rings is 1. The smallest absolute Gasteiger partial charge is 0.0696 e. The summed E-state index contributed by atoms with van der Waals surface area (Å²) >= 11 is 0. The summed E-state index contributed by atoms with van der Waals surface area (Å²) < 4.78 is 2.00. The Morgan fingerprint density at radius 2 is 2.06 bits per heavy atom. The van der Waals surface area contributed by atoms with E-state index in [0.29, 0.717) is 5.41 Å². The van der Waals surface area contributed by atoms with Crippen molar-refractivity contribution >= 4 is 5.52 Å². The number of fused-ring (bicyclic) bond motifs is 1. The Bertz CT molecular complexity index is 558. The summed E-state index contributed by atoms with van der Waals surface area (Å²) in [6.07, 6.45) is 9.55. The molecule has 0 atom stereocenters. The third-order valence-corrected chi connectivity index (χ3v) is 4.94. The standard InChI is InChI=1S/C15H19N3/c1-2-8-18-14(3-1)13(9-17-18)12-4-6-15(7-5-12)10-16-11-15/h1-3,8-9,12,16H,4-7,10-11H2. The molecular formula is C15H19N3. The van der Waals surface area contributed by atoms with E-state index in [2.05, 4.69) is 28.7 Å². The Labute approximate surface area is 107 Å². The van der Waals surface area contributed by atoms with Gasteiger partial charge in [0.15, 0.2) is 0 Å². The molecule has 1 aliphatic carbocycles. The van der Waals surface area contributed by atoms with E-state index in [1.165, 1.54) is 49.9 Å². The van der Waals surface area contributed by atoms with Crippen molar-refractivity contribution in [3.05, 3.63) is 36.2 Å². The van der Waals surface area contributed by atoms with E-state index in [1.54, 1.807) is 0 Å². The lowest BCUT2D eigenvalue weighted by Gasteiger charge is -2.47. The second-order valence-corrected chi connectivity index (χ2v) is 6.01. The maximum atomic E-state index is 4.47. The average Bonchev–Trinajstić information content (AvgIpc) is 2.81. The first kappa shape index (κ1) is 10.6. The number of nitrogens with zero attached hydrogens (tertiary/aromatic N) is 2. The summed E-state index contributed by atoms with van der Waals surface area (Å²) in [4.78, 5) is 0. The Kier molecular flexibility index (Phi) is 2.24. The van der Waals surface area contributed by atoms with Crippen molar-refractivity contribution in [3.8, 4) is 0 Å². The summed E-state index contributed by atoms with van der Waals surface area (Å²) in [5, 5.41) is 7.90. The van der Waals surface area contributed by atoms with Gasteiger partial charge in [0.2, 0.25) is 0 Å². The van der Waals surface area contributed by atoms with Crippen LogP contribution in [0.2, 0.25) is 0 Å². The monoisotopic (exact) mass is 241 g/mol. The van der Waals surface area contributed by atoms with E-state index < -0.39 is 0 Å². The van der Waals surface area contributed by atoms with Crippen LogP contribution in [-0.2, 0) is 0 Å². The van der Waals surface area contributed by atoms with Crippen molar-refractivity contribution in [2.24, 2.45) is 5.41 Å². The Hall–Kier alpha value is -1.35. The van der Waals surface area contributed by atoms with Gasteiger partial charge in [0.25, 0.3) is 0 Å². The first-order chi connectivity index (χ1) is 8.86. The summed E-state index contributed by atoms with van der Waals surface area (Å²) in [7, 11) is 0. The normalized spacial score (nSPS) is 23.3. The average molecular weight is 241 g/mol. The molecule has 2 aliphatic rings. The Morgan fingerprint density at radius 3 is 2.78 bits per heavy atom. The molecule has 0 unspecified atom stereocenters. The molecule has 1 saturated heterocycles. The zero-order chi connectivity index (χ0) is 12.0. The molecule has 2 aromatic rings. The lowest BCUT2D eigenvalue weighted by molar-refractivity contribution is 0.0977. The number of hydrogen-bond donors (Lipinski definition) is 1. The fourth-order valence-electron chi connectivity index (χ4n) is 3.64. The van der Waals surface area contributed by atoms with Crippen molar-refractivity contribution in [2.75, 3.05) is 13.1 Å². The van der Waals surface area contributed by atoms with Gasteiger partial charge >= 0.3 is 0 Å². The zero-order valence-electron chi connectivity index (χ0n) is 10.6. The minimum absolute atomic E-state index is 0.652. The van der Waals surface area contributed by atoms with Crippen LogP contribution < -0.4 is 5.32 Å². The summed E-state index contributed by atoms with van der Waals surface area (Å²) in [5.41, 5.74) is 3.40.